The zero-order chi connectivity index (χ0) is 13.0. The van der Waals surface area contributed by atoms with Gasteiger partial charge < -0.3 is 14.0 Å². The molecule has 104 valence electrons. The fourth-order valence-electron chi connectivity index (χ4n) is 1.82. The molecule has 0 aliphatic rings. The van der Waals surface area contributed by atoms with E-state index >= 15 is 0 Å². The van der Waals surface area contributed by atoms with Crippen molar-refractivity contribution in [3.63, 3.8) is 0 Å². The van der Waals surface area contributed by atoms with Crippen molar-refractivity contribution < 1.29 is 14.0 Å². The normalized spacial score (nSPS) is 14.8. The molecule has 4 heteroatoms. The third-order valence-corrected chi connectivity index (χ3v) is 3.48. The van der Waals surface area contributed by atoms with Crippen molar-refractivity contribution in [1.29, 1.82) is 0 Å². The van der Waals surface area contributed by atoms with Gasteiger partial charge in [0.2, 0.25) is 0 Å². The quantitative estimate of drug-likeness (QED) is 0.393. The topological polar surface area (TPSA) is 49.4 Å². The lowest BCUT2D eigenvalue weighted by atomic mass is 10.1. The first-order valence-corrected chi connectivity index (χ1v) is 8.98. The van der Waals surface area contributed by atoms with Crippen molar-refractivity contribution in [3.8, 4) is 0 Å². The van der Waals surface area contributed by atoms with Crippen LogP contribution in [-0.4, -0.2) is 13.3 Å². The fraction of sp³-hybridized carbons (Fsp3) is 1.00. The molecule has 0 aliphatic carbocycles. The Morgan fingerprint density at radius 1 is 0.882 bits per heavy atom. The highest BCUT2D eigenvalue weighted by Gasteiger charge is 1.98. The van der Waals surface area contributed by atoms with Gasteiger partial charge in [0.15, 0.2) is 0 Å². The summed E-state index contributed by atoms with van der Waals surface area (Å²) in [6.07, 6.45) is 12.5. The largest absolute Gasteiger partial charge is 0.779 e. The van der Waals surface area contributed by atoms with E-state index in [4.69, 9.17) is 4.52 Å². The molecule has 0 amide bonds. The van der Waals surface area contributed by atoms with Crippen LogP contribution in [0.25, 0.3) is 0 Å². The van der Waals surface area contributed by atoms with Gasteiger partial charge in [-0.2, -0.15) is 0 Å². The van der Waals surface area contributed by atoms with Crippen molar-refractivity contribution in [1.82, 2.24) is 0 Å². The summed E-state index contributed by atoms with van der Waals surface area (Å²) in [5.41, 5.74) is 0. The lowest BCUT2D eigenvalue weighted by Crippen LogP contribution is -2.03. The Labute approximate surface area is 106 Å². The lowest BCUT2D eigenvalue weighted by molar-refractivity contribution is -0.196. The molecule has 0 spiro atoms. The number of hydrogen-bond acceptors (Lipinski definition) is 3. The molecule has 0 heterocycles. The molecule has 0 fully saturated rings. The van der Waals surface area contributed by atoms with E-state index in [1.165, 1.54) is 51.4 Å². The van der Waals surface area contributed by atoms with E-state index < -0.39 is 7.60 Å². The highest BCUT2D eigenvalue weighted by Crippen LogP contribution is 2.31. The molecule has 0 saturated heterocycles. The zero-order valence-corrected chi connectivity index (χ0v) is 12.3. The monoisotopic (exact) mass is 263 g/mol. The summed E-state index contributed by atoms with van der Waals surface area (Å²) in [5, 5.41) is 0. The molecule has 0 bridgehead atoms. The summed E-state index contributed by atoms with van der Waals surface area (Å²) in [7, 11) is -3.49. The highest BCUT2D eigenvalue weighted by molar-refractivity contribution is 7.50. The highest BCUT2D eigenvalue weighted by atomic mass is 31.2. The summed E-state index contributed by atoms with van der Waals surface area (Å²) < 4.78 is 15.4. The molecule has 1 unspecified atom stereocenters. The van der Waals surface area contributed by atoms with E-state index in [2.05, 4.69) is 6.92 Å². The summed E-state index contributed by atoms with van der Waals surface area (Å²) in [5.74, 6) is 0. The number of hydrogen-bond donors (Lipinski definition) is 0. The Bertz CT molecular complexity index is 201. The Morgan fingerprint density at radius 3 is 1.71 bits per heavy atom. The van der Waals surface area contributed by atoms with Crippen LogP contribution in [0.4, 0.5) is 0 Å². The second-order valence-electron chi connectivity index (χ2n) is 4.79. The van der Waals surface area contributed by atoms with Crippen LogP contribution in [0.15, 0.2) is 0 Å². The molecule has 0 aromatic heterocycles. The minimum Gasteiger partial charge on any atom is -0.779 e. The maximum absolute atomic E-state index is 10.7. The molecule has 0 radical (unpaired) electrons. The van der Waals surface area contributed by atoms with Gasteiger partial charge in [0.1, 0.15) is 7.60 Å². The van der Waals surface area contributed by atoms with Crippen LogP contribution in [-0.2, 0) is 9.09 Å². The van der Waals surface area contributed by atoms with Crippen LogP contribution >= 0.6 is 7.60 Å². The van der Waals surface area contributed by atoms with Gasteiger partial charge in [0, 0.05) is 6.66 Å². The third kappa shape index (κ3) is 16.1. The number of rotatable bonds is 12. The predicted octanol–water partition coefficient (Wildman–Crippen LogP) is 4.11. The Kier molecular flexibility index (Phi) is 11.4. The van der Waals surface area contributed by atoms with Crippen LogP contribution in [0, 0.1) is 0 Å². The van der Waals surface area contributed by atoms with Crippen molar-refractivity contribution in [2.75, 3.05) is 13.3 Å². The van der Waals surface area contributed by atoms with E-state index in [9.17, 15) is 9.46 Å². The molecule has 0 rings (SSSR count). The first-order chi connectivity index (χ1) is 8.06. The average molecular weight is 263 g/mol. The van der Waals surface area contributed by atoms with E-state index in [0.717, 1.165) is 19.5 Å². The van der Waals surface area contributed by atoms with Gasteiger partial charge in [0.25, 0.3) is 0 Å². The molecule has 0 aromatic carbocycles. The molecule has 0 aliphatic heterocycles. The maximum Gasteiger partial charge on any atom is 0.131 e. The molecule has 3 nitrogen and oxygen atoms in total. The molecule has 0 saturated carbocycles. The van der Waals surface area contributed by atoms with Crippen LogP contribution in [0.1, 0.15) is 71.1 Å². The van der Waals surface area contributed by atoms with Crippen molar-refractivity contribution >= 4 is 7.60 Å². The fourth-order valence-corrected chi connectivity index (χ4v) is 2.28. The standard InChI is InChI=1S/C13H29O3P/c1-3-4-5-6-7-8-9-10-11-12-13-16-17(2,14)15/h3-13H2,1-2H3,(H,14,15)/p-1. The molecular weight excluding hydrogens is 235 g/mol. The third-order valence-electron chi connectivity index (χ3n) is 2.82. The van der Waals surface area contributed by atoms with Crippen molar-refractivity contribution in [3.05, 3.63) is 0 Å². The van der Waals surface area contributed by atoms with Crippen LogP contribution in [0.2, 0.25) is 0 Å². The van der Waals surface area contributed by atoms with Gasteiger partial charge >= 0.3 is 0 Å². The number of unbranched alkanes of at least 4 members (excludes halogenated alkanes) is 9. The molecule has 0 aromatic rings. The summed E-state index contributed by atoms with van der Waals surface area (Å²) in [4.78, 5) is 10.7. The van der Waals surface area contributed by atoms with E-state index in [0.29, 0.717) is 6.61 Å². The Morgan fingerprint density at radius 2 is 1.29 bits per heavy atom. The molecule has 1 atom stereocenters. The molecule has 17 heavy (non-hydrogen) atoms. The van der Waals surface area contributed by atoms with Crippen molar-refractivity contribution in [2.24, 2.45) is 0 Å². The van der Waals surface area contributed by atoms with Gasteiger partial charge in [-0.1, -0.05) is 64.7 Å². The van der Waals surface area contributed by atoms with E-state index in [-0.39, 0.29) is 0 Å². The second kappa shape index (κ2) is 11.3. The first-order valence-electron chi connectivity index (χ1n) is 6.99. The lowest BCUT2D eigenvalue weighted by Gasteiger charge is -2.17. The van der Waals surface area contributed by atoms with Crippen LogP contribution < -0.4 is 4.89 Å². The van der Waals surface area contributed by atoms with Crippen LogP contribution in [0.3, 0.4) is 0 Å². The predicted molar refractivity (Wildman–Crippen MR) is 71.3 cm³/mol. The zero-order valence-electron chi connectivity index (χ0n) is 11.5. The molecular formula is C13H28O3P-. The summed E-state index contributed by atoms with van der Waals surface area (Å²) >= 11 is 0. The van der Waals surface area contributed by atoms with Gasteiger partial charge in [-0.15, -0.1) is 0 Å². The van der Waals surface area contributed by atoms with Gasteiger partial charge in [0.05, 0.1) is 6.61 Å². The van der Waals surface area contributed by atoms with Crippen molar-refractivity contribution in [2.45, 2.75) is 71.1 Å². The van der Waals surface area contributed by atoms with Gasteiger partial charge in [-0.05, 0) is 6.42 Å². The first kappa shape index (κ1) is 17.2. The van der Waals surface area contributed by atoms with E-state index in [1.807, 2.05) is 0 Å². The molecule has 0 N–H and O–H groups in total. The second-order valence-corrected chi connectivity index (χ2v) is 6.59. The minimum absolute atomic E-state index is 0.355. The summed E-state index contributed by atoms with van der Waals surface area (Å²) in [6.45, 7) is 3.72. The summed E-state index contributed by atoms with van der Waals surface area (Å²) in [6, 6.07) is 0. The van der Waals surface area contributed by atoms with Crippen LogP contribution in [0.5, 0.6) is 0 Å². The SMILES string of the molecule is CCCCCCCCCCCCOP(C)(=O)[O-]. The van der Waals surface area contributed by atoms with Gasteiger partial charge in [-0.3, -0.25) is 0 Å². The van der Waals surface area contributed by atoms with Gasteiger partial charge in [-0.25, -0.2) is 0 Å². The maximum atomic E-state index is 10.7. The van der Waals surface area contributed by atoms with E-state index in [1.54, 1.807) is 0 Å². The Hall–Kier alpha value is 0.150. The average Bonchev–Trinajstić information content (AvgIpc) is 2.24. The smallest absolute Gasteiger partial charge is 0.131 e. The minimum atomic E-state index is -3.49. The Balaban J connectivity index is 3.01.